The van der Waals surface area contributed by atoms with Crippen LogP contribution in [0.15, 0.2) is 46.1 Å². The first kappa shape index (κ1) is 25.1. The number of unbranched alkanes of at least 4 members (excludes halogenated alkanes) is 1. The van der Waals surface area contributed by atoms with Crippen molar-refractivity contribution in [2.75, 3.05) is 26.2 Å². The van der Waals surface area contributed by atoms with Gasteiger partial charge in [-0.25, -0.2) is 13.1 Å². The summed E-state index contributed by atoms with van der Waals surface area (Å²) in [6.07, 6.45) is 1.69. The van der Waals surface area contributed by atoms with Crippen molar-refractivity contribution >= 4 is 26.7 Å². The van der Waals surface area contributed by atoms with Gasteiger partial charge in [0.05, 0.1) is 10.3 Å². The number of benzene rings is 2. The molecule has 1 fully saturated rings. The van der Waals surface area contributed by atoms with Crippen molar-refractivity contribution in [3.05, 3.63) is 69.1 Å². The monoisotopic (exact) mass is 496 g/mol. The lowest BCUT2D eigenvalue weighted by Crippen LogP contribution is -2.51. The van der Waals surface area contributed by atoms with E-state index in [2.05, 4.69) is 5.10 Å². The van der Waals surface area contributed by atoms with Crippen LogP contribution < -0.4 is 5.56 Å². The molecule has 1 aliphatic rings. The van der Waals surface area contributed by atoms with Crippen LogP contribution in [-0.4, -0.2) is 59.5 Å². The Hall–Kier alpha value is -3.04. The zero-order valence-electron chi connectivity index (χ0n) is 20.7. The molecule has 0 bridgehead atoms. The number of hydrogen-bond donors (Lipinski definition) is 0. The summed E-state index contributed by atoms with van der Waals surface area (Å²) < 4.78 is 29.7. The third kappa shape index (κ3) is 4.75. The number of aryl methyl sites for hydroxylation is 4. The first-order chi connectivity index (χ1) is 16.6. The fourth-order valence-electron chi connectivity index (χ4n) is 4.84. The van der Waals surface area contributed by atoms with Gasteiger partial charge >= 0.3 is 0 Å². The Morgan fingerprint density at radius 1 is 0.971 bits per heavy atom. The molecule has 4 rings (SSSR count). The van der Waals surface area contributed by atoms with Crippen molar-refractivity contribution in [3.8, 4) is 0 Å². The van der Waals surface area contributed by atoms with Gasteiger partial charge < -0.3 is 4.90 Å². The second-order valence-corrected chi connectivity index (χ2v) is 11.1. The summed E-state index contributed by atoms with van der Waals surface area (Å²) in [6, 6.07) is 10.8. The Labute approximate surface area is 206 Å². The molecule has 1 amide bonds. The molecule has 0 unspecified atom stereocenters. The van der Waals surface area contributed by atoms with Gasteiger partial charge in [-0.15, -0.1) is 0 Å². The number of aromatic nitrogens is 2. The van der Waals surface area contributed by atoms with Crippen molar-refractivity contribution in [2.45, 2.75) is 52.0 Å². The molecule has 0 radical (unpaired) electrons. The highest BCUT2D eigenvalue weighted by Gasteiger charge is 2.33. The molecule has 0 spiro atoms. The van der Waals surface area contributed by atoms with Crippen LogP contribution in [0.2, 0.25) is 0 Å². The number of carbonyl (C=O) groups excluding carboxylic acids is 1. The van der Waals surface area contributed by atoms with Crippen LogP contribution >= 0.6 is 0 Å². The molecule has 0 aliphatic carbocycles. The standard InChI is InChI=1S/C26H32N4O4S/c1-5-6-11-30-25(31)22-10-8-7-9-21(22)23(27-30)26(32)28-12-14-29(15-13-28)35(33,34)24-19(3)16-18(2)17-20(24)4/h7-10,16-17H,5-6,11-15H2,1-4H3. The fourth-order valence-corrected chi connectivity index (χ4v) is 6.67. The van der Waals surface area contributed by atoms with Gasteiger partial charge in [0.25, 0.3) is 11.5 Å². The average Bonchev–Trinajstić information content (AvgIpc) is 2.82. The maximum atomic E-state index is 13.5. The minimum Gasteiger partial charge on any atom is -0.335 e. The molecule has 0 saturated carbocycles. The molecule has 9 heteroatoms. The molecule has 2 heterocycles. The van der Waals surface area contributed by atoms with Crippen LogP contribution in [0.3, 0.4) is 0 Å². The van der Waals surface area contributed by atoms with E-state index in [1.165, 1.54) is 8.99 Å². The highest BCUT2D eigenvalue weighted by Crippen LogP contribution is 2.26. The summed E-state index contributed by atoms with van der Waals surface area (Å²) >= 11 is 0. The Morgan fingerprint density at radius 3 is 2.17 bits per heavy atom. The third-order valence-corrected chi connectivity index (χ3v) is 8.73. The van der Waals surface area contributed by atoms with E-state index < -0.39 is 10.0 Å². The van der Waals surface area contributed by atoms with Crippen molar-refractivity contribution in [1.29, 1.82) is 0 Å². The van der Waals surface area contributed by atoms with Crippen LogP contribution in [-0.2, 0) is 16.6 Å². The quantitative estimate of drug-likeness (QED) is 0.522. The van der Waals surface area contributed by atoms with Crippen LogP contribution in [0.25, 0.3) is 10.8 Å². The summed E-state index contributed by atoms with van der Waals surface area (Å²) in [5, 5.41) is 5.43. The lowest BCUT2D eigenvalue weighted by Gasteiger charge is -2.34. The fraction of sp³-hybridized carbons (Fsp3) is 0.423. The molecule has 0 N–H and O–H groups in total. The summed E-state index contributed by atoms with van der Waals surface area (Å²) in [7, 11) is -3.68. The average molecular weight is 497 g/mol. The van der Waals surface area contributed by atoms with Gasteiger partial charge in [0, 0.05) is 38.1 Å². The molecular weight excluding hydrogens is 464 g/mol. The van der Waals surface area contributed by atoms with Crippen molar-refractivity contribution in [2.24, 2.45) is 0 Å². The number of rotatable bonds is 6. The van der Waals surface area contributed by atoms with E-state index in [0.29, 0.717) is 22.2 Å². The summed E-state index contributed by atoms with van der Waals surface area (Å²) in [6.45, 7) is 8.98. The number of carbonyl (C=O) groups is 1. The Morgan fingerprint density at radius 2 is 1.57 bits per heavy atom. The van der Waals surface area contributed by atoms with Crippen molar-refractivity contribution in [1.82, 2.24) is 19.0 Å². The molecule has 1 aromatic heterocycles. The highest BCUT2D eigenvalue weighted by atomic mass is 32.2. The van der Waals surface area contributed by atoms with Gasteiger partial charge in [0.1, 0.15) is 0 Å². The number of nitrogens with zero attached hydrogens (tertiary/aromatic N) is 4. The number of fused-ring (bicyclic) bond motifs is 1. The topological polar surface area (TPSA) is 92.6 Å². The molecular formula is C26H32N4O4S. The van der Waals surface area contributed by atoms with E-state index >= 15 is 0 Å². The molecule has 0 atom stereocenters. The SMILES string of the molecule is CCCCn1nc(C(=O)N2CCN(S(=O)(=O)c3c(C)cc(C)cc3C)CC2)c2ccccc2c1=O. The smallest absolute Gasteiger partial charge is 0.275 e. The van der Waals surface area contributed by atoms with Crippen molar-refractivity contribution in [3.63, 3.8) is 0 Å². The van der Waals surface area contributed by atoms with E-state index in [1.54, 1.807) is 29.2 Å². The molecule has 8 nitrogen and oxygen atoms in total. The molecule has 3 aromatic rings. The second kappa shape index (κ2) is 9.91. The predicted octanol–water partition coefficient (Wildman–Crippen LogP) is 3.27. The van der Waals surface area contributed by atoms with Crippen LogP contribution in [0.1, 0.15) is 46.9 Å². The zero-order chi connectivity index (χ0) is 25.3. The van der Waals surface area contributed by atoms with Gasteiger partial charge in [-0.2, -0.15) is 9.40 Å². The molecule has 1 saturated heterocycles. The van der Waals surface area contributed by atoms with E-state index in [0.717, 1.165) is 29.5 Å². The minimum atomic E-state index is -3.68. The van der Waals surface area contributed by atoms with Crippen LogP contribution in [0.5, 0.6) is 0 Å². The summed E-state index contributed by atoms with van der Waals surface area (Å²) in [5.74, 6) is -0.286. The predicted molar refractivity (Wildman–Crippen MR) is 136 cm³/mol. The van der Waals surface area contributed by atoms with Gasteiger partial charge in [0.15, 0.2) is 5.69 Å². The Bertz CT molecular complexity index is 1410. The highest BCUT2D eigenvalue weighted by molar-refractivity contribution is 7.89. The molecule has 186 valence electrons. The van der Waals surface area contributed by atoms with Crippen LogP contribution in [0.4, 0.5) is 0 Å². The third-order valence-electron chi connectivity index (χ3n) is 6.52. The molecule has 1 aliphatic heterocycles. The first-order valence-electron chi connectivity index (χ1n) is 12.0. The van der Waals surface area contributed by atoms with Gasteiger partial charge in [-0.05, 0) is 44.4 Å². The number of hydrogen-bond acceptors (Lipinski definition) is 5. The van der Waals surface area contributed by atoms with E-state index in [-0.39, 0.29) is 43.3 Å². The van der Waals surface area contributed by atoms with E-state index in [4.69, 9.17) is 0 Å². The van der Waals surface area contributed by atoms with Crippen LogP contribution in [0, 0.1) is 20.8 Å². The second-order valence-electron chi connectivity index (χ2n) is 9.20. The lowest BCUT2D eigenvalue weighted by molar-refractivity contribution is 0.0691. The molecule has 35 heavy (non-hydrogen) atoms. The summed E-state index contributed by atoms with van der Waals surface area (Å²) in [5.41, 5.74) is 2.51. The van der Waals surface area contributed by atoms with E-state index in [9.17, 15) is 18.0 Å². The normalized spacial score (nSPS) is 15.0. The molecule has 2 aromatic carbocycles. The number of amides is 1. The van der Waals surface area contributed by atoms with Crippen molar-refractivity contribution < 1.29 is 13.2 Å². The van der Waals surface area contributed by atoms with Gasteiger partial charge in [0.2, 0.25) is 10.0 Å². The Kier molecular flexibility index (Phi) is 7.10. The van der Waals surface area contributed by atoms with E-state index in [1.807, 2.05) is 39.8 Å². The zero-order valence-corrected chi connectivity index (χ0v) is 21.6. The van der Waals surface area contributed by atoms with Gasteiger partial charge in [-0.3, -0.25) is 9.59 Å². The maximum absolute atomic E-state index is 13.5. The number of piperazine rings is 1. The summed E-state index contributed by atoms with van der Waals surface area (Å²) in [4.78, 5) is 28.3. The largest absolute Gasteiger partial charge is 0.335 e. The van der Waals surface area contributed by atoms with Gasteiger partial charge in [-0.1, -0.05) is 49.2 Å². The Balaban J connectivity index is 1.59. The maximum Gasteiger partial charge on any atom is 0.275 e. The number of sulfonamides is 1. The first-order valence-corrected chi connectivity index (χ1v) is 13.5. The minimum absolute atomic E-state index is 0.203. The lowest BCUT2D eigenvalue weighted by atomic mass is 10.1.